The van der Waals surface area contributed by atoms with Crippen LogP contribution in [-0.2, 0) is 9.59 Å². The first-order valence-corrected chi connectivity index (χ1v) is 7.50. The Balaban J connectivity index is 2.15. The molecule has 0 bridgehead atoms. The zero-order chi connectivity index (χ0) is 13.5. The molecule has 0 aromatic rings. The van der Waals surface area contributed by atoms with E-state index < -0.39 is 0 Å². The lowest BCUT2D eigenvalue weighted by molar-refractivity contribution is 0.186. The van der Waals surface area contributed by atoms with Gasteiger partial charge in [0.05, 0.1) is 12.1 Å². The number of aliphatic imine (C=N–C) groups is 2. The van der Waals surface area contributed by atoms with Crippen LogP contribution in [0.1, 0.15) is 57.8 Å². The van der Waals surface area contributed by atoms with Crippen LogP contribution in [0.4, 0.5) is 0 Å². The van der Waals surface area contributed by atoms with Gasteiger partial charge in [-0.05, 0) is 31.6 Å². The molecule has 0 aromatic carbocycles. The Morgan fingerprint density at radius 2 is 1.53 bits per heavy atom. The molecule has 4 nitrogen and oxygen atoms in total. The lowest BCUT2D eigenvalue weighted by Gasteiger charge is -2.37. The first kappa shape index (κ1) is 14.2. The number of hydrogen-bond donors (Lipinski definition) is 0. The number of isocyanates is 2. The van der Waals surface area contributed by atoms with Crippen LogP contribution in [0.15, 0.2) is 9.98 Å². The monoisotopic (exact) mass is 262 g/mol. The fourth-order valence-corrected chi connectivity index (χ4v) is 3.85. The van der Waals surface area contributed by atoms with Gasteiger partial charge in [0.1, 0.15) is 0 Å². The van der Waals surface area contributed by atoms with E-state index >= 15 is 0 Å². The van der Waals surface area contributed by atoms with Crippen molar-refractivity contribution < 1.29 is 9.59 Å². The lowest BCUT2D eigenvalue weighted by Crippen LogP contribution is -2.38. The molecular weight excluding hydrogens is 240 g/mol. The molecular formula is C15H22N2O2. The van der Waals surface area contributed by atoms with Crippen molar-refractivity contribution in [2.45, 2.75) is 69.9 Å². The topological polar surface area (TPSA) is 58.9 Å². The Morgan fingerprint density at radius 3 is 2.21 bits per heavy atom. The predicted molar refractivity (Wildman–Crippen MR) is 72.4 cm³/mol. The van der Waals surface area contributed by atoms with Gasteiger partial charge in [-0.3, -0.25) is 0 Å². The summed E-state index contributed by atoms with van der Waals surface area (Å²) >= 11 is 0. The van der Waals surface area contributed by atoms with Crippen LogP contribution in [0.5, 0.6) is 0 Å². The van der Waals surface area contributed by atoms with Crippen molar-refractivity contribution in [1.82, 2.24) is 0 Å². The van der Waals surface area contributed by atoms with Crippen molar-refractivity contribution in [2.24, 2.45) is 21.8 Å². The highest BCUT2D eigenvalue weighted by atomic mass is 16.1. The van der Waals surface area contributed by atoms with E-state index in [2.05, 4.69) is 9.98 Å². The van der Waals surface area contributed by atoms with Crippen LogP contribution in [-0.4, -0.2) is 24.2 Å². The van der Waals surface area contributed by atoms with Gasteiger partial charge in [0.15, 0.2) is 0 Å². The van der Waals surface area contributed by atoms with Gasteiger partial charge in [0, 0.05) is 5.92 Å². The largest absolute Gasteiger partial charge is 0.235 e. The lowest BCUT2D eigenvalue weighted by atomic mass is 9.72. The zero-order valence-electron chi connectivity index (χ0n) is 11.4. The molecule has 3 atom stereocenters. The van der Waals surface area contributed by atoms with Gasteiger partial charge >= 0.3 is 0 Å². The highest BCUT2D eigenvalue weighted by Crippen LogP contribution is 2.38. The Labute approximate surface area is 114 Å². The molecule has 0 saturated heterocycles. The average Bonchev–Trinajstić information content (AvgIpc) is 2.47. The average molecular weight is 262 g/mol. The summed E-state index contributed by atoms with van der Waals surface area (Å²) in [6, 6.07) is 0.0236. The van der Waals surface area contributed by atoms with Crippen molar-refractivity contribution in [3.8, 4) is 0 Å². The minimum absolute atomic E-state index is 0.00952. The molecule has 0 spiro atoms. The van der Waals surface area contributed by atoms with Gasteiger partial charge in [-0.15, -0.1) is 0 Å². The maximum Gasteiger partial charge on any atom is 0.235 e. The van der Waals surface area contributed by atoms with Crippen LogP contribution < -0.4 is 0 Å². The van der Waals surface area contributed by atoms with Gasteiger partial charge in [-0.1, -0.05) is 32.1 Å². The molecule has 3 unspecified atom stereocenters. The van der Waals surface area contributed by atoms with Crippen molar-refractivity contribution >= 4 is 12.2 Å². The number of hydrogen-bond acceptors (Lipinski definition) is 4. The minimum atomic E-state index is 0.00952. The first-order valence-electron chi connectivity index (χ1n) is 7.50. The van der Waals surface area contributed by atoms with E-state index in [1.54, 1.807) is 12.2 Å². The normalized spacial score (nSPS) is 29.9. The second kappa shape index (κ2) is 7.37. The molecule has 19 heavy (non-hydrogen) atoms. The van der Waals surface area contributed by atoms with E-state index in [1.165, 1.54) is 19.3 Å². The maximum atomic E-state index is 10.8. The summed E-state index contributed by atoms with van der Waals surface area (Å²) in [5.41, 5.74) is 0. The molecule has 2 rings (SSSR count). The molecule has 0 aliphatic heterocycles. The van der Waals surface area contributed by atoms with E-state index in [0.29, 0.717) is 5.92 Å². The fraction of sp³-hybridized carbons (Fsp3) is 0.867. The third kappa shape index (κ3) is 3.62. The highest BCUT2D eigenvalue weighted by Gasteiger charge is 2.36. The Kier molecular flexibility index (Phi) is 5.50. The summed E-state index contributed by atoms with van der Waals surface area (Å²) in [7, 11) is 0. The van der Waals surface area contributed by atoms with Gasteiger partial charge in [-0.25, -0.2) is 19.6 Å². The third-order valence-electron chi connectivity index (χ3n) is 4.77. The Bertz CT molecular complexity index is 378. The highest BCUT2D eigenvalue weighted by molar-refractivity contribution is 5.35. The van der Waals surface area contributed by atoms with Gasteiger partial charge in [-0.2, -0.15) is 0 Å². The molecule has 2 aliphatic rings. The van der Waals surface area contributed by atoms with Crippen molar-refractivity contribution in [3.63, 3.8) is 0 Å². The smallest absolute Gasteiger partial charge is 0.211 e. The third-order valence-corrected chi connectivity index (χ3v) is 4.77. The molecule has 104 valence electrons. The molecule has 0 radical (unpaired) electrons. The van der Waals surface area contributed by atoms with Crippen molar-refractivity contribution in [2.75, 3.05) is 0 Å². The second-order valence-corrected chi connectivity index (χ2v) is 5.85. The maximum absolute atomic E-state index is 10.8. The van der Waals surface area contributed by atoms with Gasteiger partial charge < -0.3 is 0 Å². The first-order chi connectivity index (χ1) is 9.36. The van der Waals surface area contributed by atoms with E-state index in [9.17, 15) is 9.59 Å². The van der Waals surface area contributed by atoms with Crippen LogP contribution in [0.3, 0.4) is 0 Å². The van der Waals surface area contributed by atoms with Crippen LogP contribution >= 0.6 is 0 Å². The number of rotatable bonds is 4. The van der Waals surface area contributed by atoms with Crippen LogP contribution in [0.25, 0.3) is 0 Å². The summed E-state index contributed by atoms with van der Waals surface area (Å²) in [4.78, 5) is 29.4. The number of nitrogens with zero attached hydrogens (tertiary/aromatic N) is 2. The predicted octanol–water partition coefficient (Wildman–Crippen LogP) is 3.17. The standard InChI is InChI=1S/C15H22N2O2/c18-10-16-14-9-5-4-8-13(14)15(17-11-19)12-6-2-1-3-7-12/h12-15H,1-9H2. The van der Waals surface area contributed by atoms with E-state index in [4.69, 9.17) is 0 Å². The fourth-order valence-electron chi connectivity index (χ4n) is 3.85. The zero-order valence-corrected chi connectivity index (χ0v) is 11.4. The van der Waals surface area contributed by atoms with Crippen LogP contribution in [0.2, 0.25) is 0 Å². The summed E-state index contributed by atoms with van der Waals surface area (Å²) in [6.07, 6.45) is 13.7. The molecule has 2 saturated carbocycles. The molecule has 0 aromatic heterocycles. The molecule has 0 heterocycles. The summed E-state index contributed by atoms with van der Waals surface area (Å²) < 4.78 is 0. The Morgan fingerprint density at radius 1 is 0.842 bits per heavy atom. The van der Waals surface area contributed by atoms with E-state index in [0.717, 1.165) is 38.5 Å². The van der Waals surface area contributed by atoms with Gasteiger partial charge in [0.2, 0.25) is 12.2 Å². The SMILES string of the molecule is O=C=NC1CCCCC1C(N=C=O)C1CCCCC1. The summed E-state index contributed by atoms with van der Waals surface area (Å²) in [5, 5.41) is 0. The van der Waals surface area contributed by atoms with E-state index in [1.807, 2.05) is 0 Å². The summed E-state index contributed by atoms with van der Waals surface area (Å²) in [6.45, 7) is 0. The molecule has 0 amide bonds. The quantitative estimate of drug-likeness (QED) is 0.577. The van der Waals surface area contributed by atoms with E-state index in [-0.39, 0.29) is 18.0 Å². The summed E-state index contributed by atoms with van der Waals surface area (Å²) in [5.74, 6) is 0.711. The molecule has 0 N–H and O–H groups in total. The molecule has 4 heteroatoms. The minimum Gasteiger partial charge on any atom is -0.211 e. The second-order valence-electron chi connectivity index (χ2n) is 5.85. The molecule has 2 aliphatic carbocycles. The van der Waals surface area contributed by atoms with Crippen LogP contribution in [0, 0.1) is 11.8 Å². The van der Waals surface area contributed by atoms with Crippen molar-refractivity contribution in [1.29, 1.82) is 0 Å². The number of carbonyl (C=O) groups excluding carboxylic acids is 2. The van der Waals surface area contributed by atoms with Gasteiger partial charge in [0.25, 0.3) is 0 Å². The molecule has 2 fully saturated rings. The Hall–Kier alpha value is -1.24. The van der Waals surface area contributed by atoms with Crippen molar-refractivity contribution in [3.05, 3.63) is 0 Å².